The molecule has 1 fully saturated rings. The van der Waals surface area contributed by atoms with Crippen molar-refractivity contribution in [3.8, 4) is 22.6 Å². The molecule has 0 bridgehead atoms. The van der Waals surface area contributed by atoms with Crippen LogP contribution in [0.1, 0.15) is 47.2 Å². The monoisotopic (exact) mass is 637 g/mol. The minimum absolute atomic E-state index is 0.00258. The molecule has 228 valence electrons. The second-order valence-electron chi connectivity index (χ2n) is 11.4. The summed E-state index contributed by atoms with van der Waals surface area (Å²) in [5, 5.41) is 14.2. The number of carboxylic acid groups (broad SMARTS) is 1. The number of carbonyl (C=O) groups excluding carboxylic acids is 1. The van der Waals surface area contributed by atoms with E-state index in [1.807, 2.05) is 48.2 Å². The van der Waals surface area contributed by atoms with E-state index < -0.39 is 11.8 Å². The van der Waals surface area contributed by atoms with Crippen LogP contribution in [0.25, 0.3) is 11.1 Å². The maximum absolute atomic E-state index is 14.7. The van der Waals surface area contributed by atoms with Crippen molar-refractivity contribution >= 4 is 40.8 Å². The fourth-order valence-electron chi connectivity index (χ4n) is 5.42. The van der Waals surface area contributed by atoms with Gasteiger partial charge >= 0.3 is 5.97 Å². The predicted molar refractivity (Wildman–Crippen MR) is 166 cm³/mol. The average molecular weight is 639 g/mol. The molecule has 1 amide bonds. The first-order valence-electron chi connectivity index (χ1n) is 14.3. The number of ether oxygens (including phenoxy) is 2. The van der Waals surface area contributed by atoms with Gasteiger partial charge < -0.3 is 19.5 Å². The largest absolute Gasteiger partial charge is 0.493 e. The summed E-state index contributed by atoms with van der Waals surface area (Å²) in [7, 11) is 0. The Labute approximate surface area is 263 Å². The fraction of sp³-hybridized carbons (Fsp3) is 0.303. The third kappa shape index (κ3) is 6.12. The Morgan fingerprint density at radius 1 is 1.14 bits per heavy atom. The van der Waals surface area contributed by atoms with Gasteiger partial charge in [0.2, 0.25) is 5.91 Å². The van der Waals surface area contributed by atoms with Gasteiger partial charge in [0.25, 0.3) is 0 Å². The summed E-state index contributed by atoms with van der Waals surface area (Å²) in [4.78, 5) is 26.7. The zero-order valence-electron chi connectivity index (χ0n) is 24.0. The maximum atomic E-state index is 14.7. The topological polar surface area (TPSA) is 93.9 Å². The van der Waals surface area contributed by atoms with E-state index in [4.69, 9.17) is 32.7 Å². The van der Waals surface area contributed by atoms with Crippen LogP contribution < -0.4 is 14.4 Å². The summed E-state index contributed by atoms with van der Waals surface area (Å²) >= 11 is 12.4. The molecule has 8 nitrogen and oxygen atoms in total. The Kier molecular flexibility index (Phi) is 8.26. The van der Waals surface area contributed by atoms with Crippen molar-refractivity contribution in [3.05, 3.63) is 93.5 Å². The number of halogens is 3. The van der Waals surface area contributed by atoms with Gasteiger partial charge in [-0.2, -0.15) is 5.10 Å². The van der Waals surface area contributed by atoms with Crippen LogP contribution in [-0.2, 0) is 11.3 Å². The van der Waals surface area contributed by atoms with E-state index in [1.165, 1.54) is 10.7 Å². The van der Waals surface area contributed by atoms with Gasteiger partial charge in [0.1, 0.15) is 11.6 Å². The number of anilines is 1. The van der Waals surface area contributed by atoms with E-state index in [0.717, 1.165) is 35.6 Å². The van der Waals surface area contributed by atoms with E-state index in [2.05, 4.69) is 5.10 Å². The van der Waals surface area contributed by atoms with Gasteiger partial charge in [0.05, 0.1) is 37.2 Å². The minimum atomic E-state index is -1.26. The number of carbonyl (C=O) groups is 2. The average Bonchev–Trinajstić information content (AvgIpc) is 3.66. The van der Waals surface area contributed by atoms with E-state index in [9.17, 15) is 19.1 Å². The Hall–Kier alpha value is -4.08. The Bertz CT molecular complexity index is 1730. The van der Waals surface area contributed by atoms with Crippen molar-refractivity contribution < 1.29 is 28.6 Å². The number of aromatic nitrogens is 2. The molecule has 1 aliphatic heterocycles. The summed E-state index contributed by atoms with van der Waals surface area (Å²) in [6.07, 6.45) is 6.23. The summed E-state index contributed by atoms with van der Waals surface area (Å²) in [5.41, 5.74) is 2.90. The van der Waals surface area contributed by atoms with Gasteiger partial charge in [-0.15, -0.1) is 0 Å². The van der Waals surface area contributed by atoms with Crippen molar-refractivity contribution in [2.45, 2.75) is 39.2 Å². The lowest BCUT2D eigenvalue weighted by atomic mass is 10.1. The molecule has 1 aromatic heterocycles. The normalized spacial score (nSPS) is 15.0. The van der Waals surface area contributed by atoms with Gasteiger partial charge in [0.15, 0.2) is 5.75 Å². The lowest BCUT2D eigenvalue weighted by molar-refractivity contribution is -0.119. The second-order valence-corrected chi connectivity index (χ2v) is 12.2. The SMILES string of the molecule is Cc1c(Cl)cccc1OCCCC(=O)N1CC2(CC2)COc2c(-c3cnn(Cc4c(F)cc(C(=O)O)cc4Cl)c3)cccc21. The molecular weight excluding hydrogens is 608 g/mol. The first-order valence-corrected chi connectivity index (χ1v) is 15.1. The molecule has 0 atom stereocenters. The van der Waals surface area contributed by atoms with Gasteiger partial charge in [0, 0.05) is 56.9 Å². The Morgan fingerprint density at radius 3 is 2.68 bits per heavy atom. The van der Waals surface area contributed by atoms with Crippen molar-refractivity contribution in [2.24, 2.45) is 5.41 Å². The fourth-order valence-corrected chi connectivity index (χ4v) is 5.86. The molecule has 3 aromatic carbocycles. The summed E-state index contributed by atoms with van der Waals surface area (Å²) in [5.74, 6) is -0.670. The molecule has 1 saturated carbocycles. The number of amides is 1. The first-order chi connectivity index (χ1) is 21.1. The summed E-state index contributed by atoms with van der Waals surface area (Å²) < 4.78 is 28.6. The molecule has 0 saturated heterocycles. The number of fused-ring (bicyclic) bond motifs is 1. The van der Waals surface area contributed by atoms with Crippen molar-refractivity contribution in [1.29, 1.82) is 0 Å². The molecule has 0 radical (unpaired) electrons. The molecule has 1 spiro atoms. The van der Waals surface area contributed by atoms with Gasteiger partial charge in [-0.1, -0.05) is 41.4 Å². The highest BCUT2D eigenvalue weighted by Crippen LogP contribution is 2.52. The number of carboxylic acids is 1. The number of benzene rings is 3. The maximum Gasteiger partial charge on any atom is 0.335 e. The zero-order valence-corrected chi connectivity index (χ0v) is 25.5. The molecule has 11 heteroatoms. The van der Waals surface area contributed by atoms with Crippen LogP contribution in [0.15, 0.2) is 60.9 Å². The van der Waals surface area contributed by atoms with Gasteiger partial charge in [-0.3, -0.25) is 9.48 Å². The summed E-state index contributed by atoms with van der Waals surface area (Å²) in [6.45, 7) is 3.38. The van der Waals surface area contributed by atoms with Crippen molar-refractivity contribution in [2.75, 3.05) is 24.7 Å². The van der Waals surface area contributed by atoms with Crippen LogP contribution in [-0.4, -0.2) is 46.5 Å². The molecule has 6 rings (SSSR count). The van der Waals surface area contributed by atoms with Crippen LogP contribution in [0.3, 0.4) is 0 Å². The van der Waals surface area contributed by atoms with Crippen molar-refractivity contribution in [1.82, 2.24) is 9.78 Å². The summed E-state index contributed by atoms with van der Waals surface area (Å²) in [6, 6.07) is 13.4. The highest BCUT2D eigenvalue weighted by atomic mass is 35.5. The number of nitrogens with zero attached hydrogens (tertiary/aromatic N) is 3. The minimum Gasteiger partial charge on any atom is -0.493 e. The smallest absolute Gasteiger partial charge is 0.335 e. The zero-order chi connectivity index (χ0) is 31.0. The third-order valence-corrected chi connectivity index (χ3v) is 8.97. The molecule has 1 N–H and O–H groups in total. The molecule has 44 heavy (non-hydrogen) atoms. The Morgan fingerprint density at radius 2 is 1.93 bits per heavy atom. The van der Waals surface area contributed by atoms with Crippen LogP contribution in [0.4, 0.5) is 10.1 Å². The van der Waals surface area contributed by atoms with Crippen LogP contribution >= 0.6 is 23.2 Å². The first kappa shape index (κ1) is 30.0. The van der Waals surface area contributed by atoms with Crippen molar-refractivity contribution in [3.63, 3.8) is 0 Å². The molecule has 2 aliphatic rings. The van der Waals surface area contributed by atoms with E-state index in [-0.39, 0.29) is 34.0 Å². The quantitative estimate of drug-likeness (QED) is 0.192. The highest BCUT2D eigenvalue weighted by molar-refractivity contribution is 6.32. The van der Waals surface area contributed by atoms with E-state index >= 15 is 0 Å². The number of hydrogen-bond donors (Lipinski definition) is 1. The molecule has 1 aliphatic carbocycles. The number of rotatable bonds is 9. The number of hydrogen-bond acceptors (Lipinski definition) is 5. The standard InChI is InChI=1S/C33H30Cl2FN3O5/c1-20-25(34)6-3-8-29(20)43-12-4-9-30(40)39-18-33(10-11-33)19-44-31-23(5-2-7-28(31)39)22-15-37-38(16-22)17-24-26(35)13-21(32(41)42)14-27(24)36/h2-3,5-8,13-16H,4,9-12,17-19H2,1H3,(H,41,42). The van der Waals surface area contributed by atoms with Crippen LogP contribution in [0, 0.1) is 18.2 Å². The molecule has 0 unspecified atom stereocenters. The van der Waals surface area contributed by atoms with Gasteiger partial charge in [-0.05, 0) is 56.5 Å². The molecule has 4 aromatic rings. The van der Waals surface area contributed by atoms with Crippen LogP contribution in [0.2, 0.25) is 10.0 Å². The third-order valence-electron chi connectivity index (χ3n) is 8.22. The van der Waals surface area contributed by atoms with E-state index in [0.29, 0.717) is 54.8 Å². The lowest BCUT2D eigenvalue weighted by Crippen LogP contribution is -2.36. The van der Waals surface area contributed by atoms with E-state index in [1.54, 1.807) is 12.4 Å². The Balaban J connectivity index is 1.21. The number of para-hydroxylation sites is 1. The molecule has 2 heterocycles. The second kappa shape index (κ2) is 12.1. The van der Waals surface area contributed by atoms with Gasteiger partial charge in [-0.25, -0.2) is 9.18 Å². The lowest BCUT2D eigenvalue weighted by Gasteiger charge is -2.25. The highest BCUT2D eigenvalue weighted by Gasteiger charge is 2.48. The predicted octanol–water partition coefficient (Wildman–Crippen LogP) is 7.42. The van der Waals surface area contributed by atoms with Crippen LogP contribution in [0.5, 0.6) is 11.5 Å². The molecular formula is C33H30Cl2FN3O5. The number of aromatic carboxylic acids is 1.